The Morgan fingerprint density at radius 1 is 0.600 bits per heavy atom. The van der Waals surface area contributed by atoms with Gasteiger partial charge in [-0.2, -0.15) is 0 Å². The van der Waals surface area contributed by atoms with E-state index in [1.165, 1.54) is 36.8 Å². The molecule has 2 nitrogen and oxygen atoms in total. The second kappa shape index (κ2) is 7.59. The molecule has 4 N–H and O–H groups in total. The Kier molecular flexibility index (Phi) is 5.48. The zero-order valence-electron chi connectivity index (χ0n) is 12.0. The van der Waals surface area contributed by atoms with Crippen molar-refractivity contribution in [3.8, 4) is 0 Å². The lowest BCUT2D eigenvalue weighted by Gasteiger charge is -2.04. The Bertz CT molecular complexity index is 485. The first kappa shape index (κ1) is 14.4. The quantitative estimate of drug-likeness (QED) is 0.584. The van der Waals surface area contributed by atoms with Gasteiger partial charge in [0, 0.05) is 11.4 Å². The minimum Gasteiger partial charge on any atom is -0.399 e. The molecule has 20 heavy (non-hydrogen) atoms. The zero-order chi connectivity index (χ0) is 14.2. The van der Waals surface area contributed by atoms with Crippen LogP contribution in [0.4, 0.5) is 11.4 Å². The molecule has 2 heteroatoms. The lowest BCUT2D eigenvalue weighted by atomic mass is 10.0. The van der Waals surface area contributed by atoms with E-state index < -0.39 is 0 Å². The van der Waals surface area contributed by atoms with E-state index in [2.05, 4.69) is 24.3 Å². The molecule has 2 aromatic carbocycles. The molecular weight excluding hydrogens is 244 g/mol. The maximum Gasteiger partial charge on any atom is 0.0316 e. The summed E-state index contributed by atoms with van der Waals surface area (Å²) in [5, 5.41) is 0. The van der Waals surface area contributed by atoms with Gasteiger partial charge in [0.15, 0.2) is 0 Å². The van der Waals surface area contributed by atoms with Gasteiger partial charge < -0.3 is 11.5 Å². The molecule has 0 aromatic heterocycles. The molecule has 0 aliphatic heterocycles. The van der Waals surface area contributed by atoms with Crippen LogP contribution in [-0.4, -0.2) is 0 Å². The third kappa shape index (κ3) is 4.96. The van der Waals surface area contributed by atoms with Crippen molar-refractivity contribution in [3.05, 3.63) is 59.7 Å². The SMILES string of the molecule is Nc1cccc(CCCCCCc2cccc(N)c2)c1. The van der Waals surface area contributed by atoms with E-state index in [-0.39, 0.29) is 0 Å². The van der Waals surface area contributed by atoms with Crippen molar-refractivity contribution in [1.29, 1.82) is 0 Å². The number of aryl methyl sites for hydroxylation is 2. The summed E-state index contributed by atoms with van der Waals surface area (Å²) in [6, 6.07) is 16.4. The fourth-order valence-corrected chi connectivity index (χ4v) is 2.51. The summed E-state index contributed by atoms with van der Waals surface area (Å²) in [4.78, 5) is 0. The van der Waals surface area contributed by atoms with Gasteiger partial charge in [0.25, 0.3) is 0 Å². The van der Waals surface area contributed by atoms with Crippen LogP contribution in [0.2, 0.25) is 0 Å². The highest BCUT2D eigenvalue weighted by Gasteiger charge is 1.97. The van der Waals surface area contributed by atoms with Gasteiger partial charge in [0.2, 0.25) is 0 Å². The smallest absolute Gasteiger partial charge is 0.0316 e. The molecule has 2 rings (SSSR count). The van der Waals surface area contributed by atoms with Gasteiger partial charge in [-0.1, -0.05) is 37.1 Å². The number of hydrogen-bond acceptors (Lipinski definition) is 2. The predicted molar refractivity (Wildman–Crippen MR) is 87.6 cm³/mol. The number of rotatable bonds is 7. The number of nitrogen functional groups attached to an aromatic ring is 2. The molecule has 0 saturated heterocycles. The summed E-state index contributed by atoms with van der Waals surface area (Å²) < 4.78 is 0. The third-order valence-electron chi connectivity index (χ3n) is 3.58. The second-order valence-electron chi connectivity index (χ2n) is 5.40. The van der Waals surface area contributed by atoms with Gasteiger partial charge in [-0.15, -0.1) is 0 Å². The molecule has 0 unspecified atom stereocenters. The Hall–Kier alpha value is -1.96. The monoisotopic (exact) mass is 268 g/mol. The second-order valence-corrected chi connectivity index (χ2v) is 5.40. The largest absolute Gasteiger partial charge is 0.399 e. The van der Waals surface area contributed by atoms with E-state index in [4.69, 9.17) is 11.5 Å². The number of benzene rings is 2. The van der Waals surface area contributed by atoms with Crippen molar-refractivity contribution in [2.45, 2.75) is 38.5 Å². The number of unbranched alkanes of at least 4 members (excludes halogenated alkanes) is 3. The number of nitrogens with two attached hydrogens (primary N) is 2. The highest BCUT2D eigenvalue weighted by Crippen LogP contribution is 2.14. The Morgan fingerprint density at radius 3 is 1.45 bits per heavy atom. The van der Waals surface area contributed by atoms with Crippen molar-refractivity contribution >= 4 is 11.4 Å². The summed E-state index contributed by atoms with van der Waals surface area (Å²) in [6.07, 6.45) is 7.28. The molecule has 0 aliphatic rings. The summed E-state index contributed by atoms with van der Waals surface area (Å²) in [6.45, 7) is 0. The molecule has 0 radical (unpaired) electrons. The molecule has 0 spiro atoms. The van der Waals surface area contributed by atoms with Crippen molar-refractivity contribution < 1.29 is 0 Å². The van der Waals surface area contributed by atoms with E-state index in [1.807, 2.05) is 24.3 Å². The van der Waals surface area contributed by atoms with E-state index in [0.29, 0.717) is 0 Å². The van der Waals surface area contributed by atoms with Crippen LogP contribution in [0.3, 0.4) is 0 Å². The maximum atomic E-state index is 5.78. The Morgan fingerprint density at radius 2 is 1.05 bits per heavy atom. The van der Waals surface area contributed by atoms with Crippen molar-refractivity contribution in [1.82, 2.24) is 0 Å². The van der Waals surface area contributed by atoms with E-state index in [1.54, 1.807) is 0 Å². The topological polar surface area (TPSA) is 52.0 Å². The number of anilines is 2. The van der Waals surface area contributed by atoms with Gasteiger partial charge in [-0.3, -0.25) is 0 Å². The molecule has 2 aromatic rings. The van der Waals surface area contributed by atoms with Crippen molar-refractivity contribution in [2.75, 3.05) is 11.5 Å². The molecule has 0 saturated carbocycles. The van der Waals surface area contributed by atoms with Crippen LogP contribution >= 0.6 is 0 Å². The van der Waals surface area contributed by atoms with Gasteiger partial charge >= 0.3 is 0 Å². The fraction of sp³-hybridized carbons (Fsp3) is 0.333. The van der Waals surface area contributed by atoms with Crippen LogP contribution in [0.15, 0.2) is 48.5 Å². The molecule has 0 atom stereocenters. The van der Waals surface area contributed by atoms with Crippen LogP contribution in [0.5, 0.6) is 0 Å². The summed E-state index contributed by atoms with van der Waals surface area (Å²) in [5.41, 5.74) is 16.0. The van der Waals surface area contributed by atoms with Crippen LogP contribution in [-0.2, 0) is 12.8 Å². The van der Waals surface area contributed by atoms with Gasteiger partial charge in [-0.25, -0.2) is 0 Å². The minimum absolute atomic E-state index is 0.865. The molecule has 0 fully saturated rings. The first-order chi connectivity index (χ1) is 9.74. The third-order valence-corrected chi connectivity index (χ3v) is 3.58. The van der Waals surface area contributed by atoms with Crippen LogP contribution in [0, 0.1) is 0 Å². The molecule has 106 valence electrons. The van der Waals surface area contributed by atoms with Crippen LogP contribution in [0.25, 0.3) is 0 Å². The van der Waals surface area contributed by atoms with Crippen LogP contribution in [0.1, 0.15) is 36.8 Å². The maximum absolute atomic E-state index is 5.78. The summed E-state index contributed by atoms with van der Waals surface area (Å²) in [7, 11) is 0. The van der Waals surface area contributed by atoms with Crippen LogP contribution < -0.4 is 11.5 Å². The Labute approximate surface area is 121 Å². The van der Waals surface area contributed by atoms with Gasteiger partial charge in [0.05, 0.1) is 0 Å². The predicted octanol–water partition coefficient (Wildman–Crippen LogP) is 4.20. The average Bonchev–Trinajstić information content (AvgIpc) is 2.43. The average molecular weight is 268 g/mol. The first-order valence-corrected chi connectivity index (χ1v) is 7.43. The lowest BCUT2D eigenvalue weighted by molar-refractivity contribution is 0.640. The van der Waals surface area contributed by atoms with Crippen molar-refractivity contribution in [3.63, 3.8) is 0 Å². The van der Waals surface area contributed by atoms with E-state index in [9.17, 15) is 0 Å². The summed E-state index contributed by atoms with van der Waals surface area (Å²) in [5.74, 6) is 0. The van der Waals surface area contributed by atoms with Crippen molar-refractivity contribution in [2.24, 2.45) is 0 Å². The van der Waals surface area contributed by atoms with Gasteiger partial charge in [0.1, 0.15) is 0 Å². The number of hydrogen-bond donors (Lipinski definition) is 2. The fourth-order valence-electron chi connectivity index (χ4n) is 2.51. The molecule has 0 amide bonds. The molecule has 0 heterocycles. The first-order valence-electron chi connectivity index (χ1n) is 7.43. The highest BCUT2D eigenvalue weighted by atomic mass is 14.5. The van der Waals surface area contributed by atoms with Gasteiger partial charge in [-0.05, 0) is 61.1 Å². The minimum atomic E-state index is 0.865. The highest BCUT2D eigenvalue weighted by molar-refractivity contribution is 5.41. The Balaban J connectivity index is 1.60. The normalized spacial score (nSPS) is 10.6. The molecule has 0 aliphatic carbocycles. The van der Waals surface area contributed by atoms with E-state index >= 15 is 0 Å². The molecule has 0 bridgehead atoms. The molecular formula is C18H24N2. The zero-order valence-corrected chi connectivity index (χ0v) is 12.0. The van der Waals surface area contributed by atoms with E-state index in [0.717, 1.165) is 24.2 Å². The summed E-state index contributed by atoms with van der Waals surface area (Å²) >= 11 is 0. The lowest BCUT2D eigenvalue weighted by Crippen LogP contribution is -1.91. The standard InChI is InChI=1S/C18H24N2/c19-17-11-5-9-15(13-17)7-3-1-2-4-8-16-10-6-12-18(20)14-16/h5-6,9-14H,1-4,7-8,19-20H2.